The van der Waals surface area contributed by atoms with E-state index in [1.807, 2.05) is 0 Å². The van der Waals surface area contributed by atoms with Crippen molar-refractivity contribution >= 4 is 43.8 Å². The van der Waals surface area contributed by atoms with Gasteiger partial charge >= 0.3 is 13.1 Å². The van der Waals surface area contributed by atoms with Gasteiger partial charge in [0.2, 0.25) is 5.91 Å². The molecule has 1 heterocycles. The van der Waals surface area contributed by atoms with Crippen LogP contribution in [-0.4, -0.2) is 63.7 Å². The van der Waals surface area contributed by atoms with E-state index in [-0.39, 0.29) is 55.9 Å². The molecule has 1 fully saturated rings. The van der Waals surface area contributed by atoms with Crippen LogP contribution in [0.25, 0.3) is 0 Å². The van der Waals surface area contributed by atoms with Crippen LogP contribution in [0.15, 0.2) is 0 Å². The summed E-state index contributed by atoms with van der Waals surface area (Å²) in [4.78, 5) is 24.6. The lowest BCUT2D eigenvalue weighted by atomic mass is 9.75. The molecular formula is C11H24BCl2N3O5. The number of likely N-dealkylation sites (tertiary alicyclic amines) is 1. The molecule has 7 N–H and O–H groups in total. The van der Waals surface area contributed by atoms with E-state index < -0.39 is 24.7 Å². The maximum Gasteiger partial charge on any atom is 0.451 e. The number of halogens is 2. The van der Waals surface area contributed by atoms with Crippen molar-refractivity contribution in [2.75, 3.05) is 13.1 Å². The Morgan fingerprint density at radius 2 is 1.95 bits per heavy atom. The first-order chi connectivity index (χ1) is 9.15. The third-order valence-electron chi connectivity index (χ3n) is 3.56. The Kier molecular flexibility index (Phi) is 10.3. The van der Waals surface area contributed by atoms with Crippen LogP contribution in [0.1, 0.15) is 19.8 Å². The molecule has 0 spiro atoms. The first-order valence-electron chi connectivity index (χ1n) is 6.58. The first-order valence-corrected chi connectivity index (χ1v) is 6.58. The van der Waals surface area contributed by atoms with Crippen molar-refractivity contribution in [2.24, 2.45) is 17.4 Å². The topological polar surface area (TPSA) is 150 Å². The number of piperidine rings is 1. The quantitative estimate of drug-likeness (QED) is 0.381. The monoisotopic (exact) mass is 359 g/mol. The fraction of sp³-hybridized carbons (Fsp3) is 0.818. The number of carboxylic acid groups (broad SMARTS) is 1. The van der Waals surface area contributed by atoms with Crippen LogP contribution in [-0.2, 0) is 9.59 Å². The summed E-state index contributed by atoms with van der Waals surface area (Å²) >= 11 is 0. The van der Waals surface area contributed by atoms with Crippen LogP contribution in [0.2, 0.25) is 6.32 Å². The van der Waals surface area contributed by atoms with Gasteiger partial charge in [-0.1, -0.05) is 6.42 Å². The van der Waals surface area contributed by atoms with Gasteiger partial charge in [0.25, 0.3) is 0 Å². The maximum absolute atomic E-state index is 11.9. The highest BCUT2D eigenvalue weighted by atomic mass is 35.5. The van der Waals surface area contributed by atoms with Gasteiger partial charge in [0.1, 0.15) is 5.54 Å². The van der Waals surface area contributed by atoms with Gasteiger partial charge in [-0.2, -0.15) is 0 Å². The van der Waals surface area contributed by atoms with Gasteiger partial charge in [0.05, 0.1) is 6.04 Å². The third-order valence-corrected chi connectivity index (χ3v) is 3.56. The second-order valence-corrected chi connectivity index (χ2v) is 5.60. The third kappa shape index (κ3) is 6.27. The van der Waals surface area contributed by atoms with Gasteiger partial charge in [-0.15, -0.1) is 24.8 Å². The fourth-order valence-electron chi connectivity index (χ4n) is 2.55. The molecule has 1 saturated heterocycles. The van der Waals surface area contributed by atoms with Crippen LogP contribution in [0.4, 0.5) is 0 Å². The minimum absolute atomic E-state index is 0. The lowest BCUT2D eigenvalue weighted by Crippen LogP contribution is -2.64. The second kappa shape index (κ2) is 9.54. The Balaban J connectivity index is 0. The number of aliphatic carboxylic acids is 1. The minimum Gasteiger partial charge on any atom is -0.480 e. The molecule has 1 aliphatic heterocycles. The molecule has 1 rings (SSSR count). The van der Waals surface area contributed by atoms with Crippen LogP contribution >= 0.6 is 24.8 Å². The van der Waals surface area contributed by atoms with Crippen LogP contribution in [0.3, 0.4) is 0 Å². The van der Waals surface area contributed by atoms with Crippen molar-refractivity contribution in [3.63, 3.8) is 0 Å². The number of hydrogen-bond acceptors (Lipinski definition) is 6. The first kappa shape index (κ1) is 23.7. The summed E-state index contributed by atoms with van der Waals surface area (Å²) in [5, 5.41) is 27.0. The zero-order valence-electron chi connectivity index (χ0n) is 12.3. The lowest BCUT2D eigenvalue weighted by molar-refractivity contribution is -0.149. The molecule has 1 aliphatic rings. The Labute approximate surface area is 142 Å². The summed E-state index contributed by atoms with van der Waals surface area (Å²) in [7, 11) is -1.45. The lowest BCUT2D eigenvalue weighted by Gasteiger charge is -2.42. The largest absolute Gasteiger partial charge is 0.480 e. The molecule has 0 aliphatic carbocycles. The van der Waals surface area contributed by atoms with Crippen molar-refractivity contribution < 1.29 is 24.7 Å². The molecule has 0 aromatic rings. The Morgan fingerprint density at radius 3 is 2.36 bits per heavy atom. The number of carbonyl (C=O) groups is 2. The summed E-state index contributed by atoms with van der Waals surface area (Å²) in [5.74, 6) is -1.72. The molecule has 0 bridgehead atoms. The zero-order valence-corrected chi connectivity index (χ0v) is 14.0. The predicted molar refractivity (Wildman–Crippen MR) is 87.0 cm³/mol. The maximum atomic E-state index is 11.9. The number of carboxylic acids is 1. The van der Waals surface area contributed by atoms with Gasteiger partial charge in [0, 0.05) is 13.1 Å². The number of carbonyl (C=O) groups excluding carboxylic acids is 1. The van der Waals surface area contributed by atoms with Gasteiger partial charge in [-0.3, -0.25) is 9.59 Å². The Bertz CT molecular complexity index is 389. The number of nitrogens with two attached hydrogens (primary N) is 2. The molecular weight excluding hydrogens is 336 g/mol. The van der Waals surface area contributed by atoms with Gasteiger partial charge < -0.3 is 31.5 Å². The molecule has 22 heavy (non-hydrogen) atoms. The van der Waals surface area contributed by atoms with E-state index in [0.29, 0.717) is 13.0 Å². The van der Waals surface area contributed by atoms with Gasteiger partial charge in [0.15, 0.2) is 0 Å². The van der Waals surface area contributed by atoms with E-state index in [0.717, 1.165) is 0 Å². The molecule has 0 aromatic heterocycles. The molecule has 130 valence electrons. The van der Waals surface area contributed by atoms with Crippen molar-refractivity contribution in [1.29, 1.82) is 0 Å². The number of rotatable bonds is 5. The number of amides is 1. The number of hydrogen-bond donors (Lipinski definition) is 5. The smallest absolute Gasteiger partial charge is 0.451 e. The summed E-state index contributed by atoms with van der Waals surface area (Å²) in [5.41, 5.74) is 9.89. The van der Waals surface area contributed by atoms with Crippen molar-refractivity contribution in [3.8, 4) is 0 Å². The Hall–Kier alpha value is -0.575. The SMILES string of the molecule is CC(N)C(=O)N1C[C@@H](CCB(O)O)C[C@@](N)(C(=O)O)C1.Cl.Cl. The van der Waals surface area contributed by atoms with E-state index in [1.54, 1.807) is 0 Å². The molecule has 0 radical (unpaired) electrons. The standard InChI is InChI=1S/C11H22BN3O5.2ClH/c1-7(13)9(16)15-5-8(2-3-12(19)20)4-11(14,6-15)10(17)18;;/h7-8,19-20H,2-6,13-14H2,1H3,(H,17,18);2*1H/t7?,8-,11-;;/m0../s1. The van der Waals surface area contributed by atoms with Crippen LogP contribution < -0.4 is 11.5 Å². The highest BCUT2D eigenvalue weighted by molar-refractivity contribution is 6.40. The summed E-state index contributed by atoms with van der Waals surface area (Å²) in [6, 6.07) is -0.727. The van der Waals surface area contributed by atoms with E-state index in [1.165, 1.54) is 11.8 Å². The average molecular weight is 360 g/mol. The summed E-state index contributed by atoms with van der Waals surface area (Å²) < 4.78 is 0. The normalized spacial score (nSPS) is 25.5. The highest BCUT2D eigenvalue weighted by Crippen LogP contribution is 2.28. The van der Waals surface area contributed by atoms with E-state index in [9.17, 15) is 14.7 Å². The predicted octanol–water partition coefficient (Wildman–Crippen LogP) is -1.33. The molecule has 3 atom stereocenters. The molecule has 8 nitrogen and oxygen atoms in total. The highest BCUT2D eigenvalue weighted by Gasteiger charge is 2.44. The second-order valence-electron chi connectivity index (χ2n) is 5.60. The summed E-state index contributed by atoms with van der Waals surface area (Å²) in [6.45, 7) is 1.78. The van der Waals surface area contributed by atoms with E-state index in [4.69, 9.17) is 21.5 Å². The molecule has 1 unspecified atom stereocenters. The fourth-order valence-corrected chi connectivity index (χ4v) is 2.55. The number of nitrogens with zero attached hydrogens (tertiary/aromatic N) is 1. The van der Waals surface area contributed by atoms with Gasteiger partial charge in [-0.25, -0.2) is 0 Å². The van der Waals surface area contributed by atoms with Crippen LogP contribution in [0.5, 0.6) is 0 Å². The zero-order chi connectivity index (χ0) is 15.5. The van der Waals surface area contributed by atoms with E-state index >= 15 is 0 Å². The minimum atomic E-state index is -1.52. The average Bonchev–Trinajstić information content (AvgIpc) is 2.34. The van der Waals surface area contributed by atoms with Crippen LogP contribution in [0, 0.1) is 5.92 Å². The molecule has 11 heteroatoms. The summed E-state index contributed by atoms with van der Waals surface area (Å²) in [6.07, 6.45) is 0.686. The van der Waals surface area contributed by atoms with Crippen molar-refractivity contribution in [2.45, 2.75) is 37.7 Å². The van der Waals surface area contributed by atoms with E-state index in [2.05, 4.69) is 0 Å². The Morgan fingerprint density at radius 1 is 1.41 bits per heavy atom. The molecule has 0 saturated carbocycles. The van der Waals surface area contributed by atoms with Gasteiger partial charge in [-0.05, 0) is 25.6 Å². The molecule has 1 amide bonds. The van der Waals surface area contributed by atoms with Crippen molar-refractivity contribution in [1.82, 2.24) is 4.90 Å². The van der Waals surface area contributed by atoms with Crippen molar-refractivity contribution in [3.05, 3.63) is 0 Å². The molecule has 0 aromatic carbocycles.